The zero-order valence-corrected chi connectivity index (χ0v) is 13.0. The van der Waals surface area contributed by atoms with Gasteiger partial charge in [0.25, 0.3) is 0 Å². The molecule has 114 valence electrons. The predicted molar refractivity (Wildman–Crippen MR) is 89.4 cm³/mol. The average molecular weight is 295 g/mol. The summed E-state index contributed by atoms with van der Waals surface area (Å²) >= 11 is 0. The Morgan fingerprint density at radius 3 is 2.55 bits per heavy atom. The molecule has 0 radical (unpaired) electrons. The zero-order valence-electron chi connectivity index (χ0n) is 13.0. The minimum absolute atomic E-state index is 0.360. The van der Waals surface area contributed by atoms with Gasteiger partial charge in [-0.05, 0) is 30.7 Å². The van der Waals surface area contributed by atoms with Crippen molar-refractivity contribution in [3.8, 4) is 5.75 Å². The molecule has 1 N–H and O–H groups in total. The molecule has 1 aromatic heterocycles. The van der Waals surface area contributed by atoms with Crippen LogP contribution in [0.2, 0.25) is 0 Å². The molecular weight excluding hydrogens is 274 g/mol. The molecule has 3 nitrogen and oxygen atoms in total. The van der Waals surface area contributed by atoms with E-state index < -0.39 is 0 Å². The highest BCUT2D eigenvalue weighted by atomic mass is 16.5. The summed E-state index contributed by atoms with van der Waals surface area (Å²) < 4.78 is 7.62. The van der Waals surface area contributed by atoms with Gasteiger partial charge in [-0.3, -0.25) is 0 Å². The van der Waals surface area contributed by atoms with Crippen LogP contribution in [0, 0.1) is 0 Å². The highest BCUT2D eigenvalue weighted by Crippen LogP contribution is 2.26. The van der Waals surface area contributed by atoms with Crippen molar-refractivity contribution in [1.29, 1.82) is 0 Å². The molecule has 0 aliphatic carbocycles. The molecule has 0 fully saturated rings. The summed E-state index contributed by atoms with van der Waals surface area (Å²) in [6.07, 6.45) is 0.282. The van der Waals surface area contributed by atoms with Gasteiger partial charge in [-0.1, -0.05) is 30.3 Å². The molecule has 1 unspecified atom stereocenters. The number of fused-ring (bicyclic) bond motifs is 1. The second kappa shape index (κ2) is 6.24. The minimum Gasteiger partial charge on any atom is -0.497 e. The van der Waals surface area contributed by atoms with E-state index in [2.05, 4.69) is 47.0 Å². The Balaban J connectivity index is 2.10. The highest BCUT2D eigenvalue weighted by Gasteiger charge is 2.12. The van der Waals surface area contributed by atoms with Gasteiger partial charge in [0.2, 0.25) is 0 Å². The zero-order chi connectivity index (χ0) is 15.5. The first-order valence-electron chi connectivity index (χ1n) is 7.55. The van der Waals surface area contributed by atoms with Crippen LogP contribution in [0.5, 0.6) is 5.75 Å². The molecule has 0 amide bonds. The van der Waals surface area contributed by atoms with Crippen LogP contribution in [0.4, 0.5) is 0 Å². The SMILES string of the molecule is COc1ccc2cc(CC(C)O)n(Cc3ccccc3)c2c1. The lowest BCUT2D eigenvalue weighted by Gasteiger charge is -2.13. The second-order valence-corrected chi connectivity index (χ2v) is 5.69. The summed E-state index contributed by atoms with van der Waals surface area (Å²) in [4.78, 5) is 0. The maximum Gasteiger partial charge on any atom is 0.120 e. The molecule has 22 heavy (non-hydrogen) atoms. The van der Waals surface area contributed by atoms with E-state index in [4.69, 9.17) is 4.74 Å². The van der Waals surface area contributed by atoms with Crippen LogP contribution < -0.4 is 4.74 Å². The van der Waals surface area contributed by atoms with Gasteiger partial charge in [0.15, 0.2) is 0 Å². The van der Waals surface area contributed by atoms with E-state index in [1.54, 1.807) is 7.11 Å². The Morgan fingerprint density at radius 1 is 1.09 bits per heavy atom. The molecule has 0 bridgehead atoms. The number of methoxy groups -OCH3 is 1. The van der Waals surface area contributed by atoms with Gasteiger partial charge in [0.05, 0.1) is 18.7 Å². The summed E-state index contributed by atoms with van der Waals surface area (Å²) in [6.45, 7) is 2.62. The number of aliphatic hydroxyl groups excluding tert-OH is 1. The average Bonchev–Trinajstić information content (AvgIpc) is 2.84. The fraction of sp³-hybridized carbons (Fsp3) is 0.263. The molecule has 1 atom stereocenters. The summed E-state index contributed by atoms with van der Waals surface area (Å²) in [5, 5.41) is 11.0. The van der Waals surface area contributed by atoms with E-state index >= 15 is 0 Å². The topological polar surface area (TPSA) is 34.4 Å². The van der Waals surface area contributed by atoms with E-state index in [0.717, 1.165) is 23.5 Å². The van der Waals surface area contributed by atoms with Crippen LogP contribution in [0.1, 0.15) is 18.2 Å². The molecule has 0 aliphatic rings. The Hall–Kier alpha value is -2.26. The van der Waals surface area contributed by atoms with Gasteiger partial charge in [-0.15, -0.1) is 0 Å². The lowest BCUT2D eigenvalue weighted by Crippen LogP contribution is -2.11. The van der Waals surface area contributed by atoms with Gasteiger partial charge < -0.3 is 14.4 Å². The Bertz CT molecular complexity index is 760. The molecule has 0 saturated heterocycles. The summed E-state index contributed by atoms with van der Waals surface area (Å²) in [7, 11) is 1.68. The molecule has 0 saturated carbocycles. The fourth-order valence-corrected chi connectivity index (χ4v) is 2.84. The lowest BCUT2D eigenvalue weighted by atomic mass is 10.2. The van der Waals surface area contributed by atoms with Crippen LogP contribution in [-0.2, 0) is 13.0 Å². The third kappa shape index (κ3) is 3.00. The van der Waals surface area contributed by atoms with Gasteiger partial charge in [0, 0.05) is 30.1 Å². The van der Waals surface area contributed by atoms with Crippen LogP contribution in [0.15, 0.2) is 54.6 Å². The summed E-state index contributed by atoms with van der Waals surface area (Å²) in [6, 6.07) is 18.6. The van der Waals surface area contributed by atoms with Crippen molar-refractivity contribution in [3.05, 3.63) is 65.9 Å². The minimum atomic E-state index is -0.360. The van der Waals surface area contributed by atoms with Crippen LogP contribution in [0.3, 0.4) is 0 Å². The van der Waals surface area contributed by atoms with Crippen molar-refractivity contribution in [2.75, 3.05) is 7.11 Å². The monoisotopic (exact) mass is 295 g/mol. The van der Waals surface area contributed by atoms with Gasteiger partial charge in [-0.2, -0.15) is 0 Å². The third-order valence-electron chi connectivity index (χ3n) is 3.89. The van der Waals surface area contributed by atoms with Gasteiger partial charge in [0.1, 0.15) is 5.75 Å². The Kier molecular flexibility index (Phi) is 4.16. The fourth-order valence-electron chi connectivity index (χ4n) is 2.84. The smallest absolute Gasteiger partial charge is 0.120 e. The van der Waals surface area contributed by atoms with Crippen molar-refractivity contribution in [3.63, 3.8) is 0 Å². The summed E-state index contributed by atoms with van der Waals surface area (Å²) in [5.41, 5.74) is 3.52. The number of ether oxygens (including phenoxy) is 1. The predicted octanol–water partition coefficient (Wildman–Crippen LogP) is 3.62. The van der Waals surface area contributed by atoms with Crippen LogP contribution in [-0.4, -0.2) is 22.9 Å². The molecule has 3 heteroatoms. The van der Waals surface area contributed by atoms with Crippen LogP contribution >= 0.6 is 0 Å². The van der Waals surface area contributed by atoms with Gasteiger partial charge in [-0.25, -0.2) is 0 Å². The normalized spacial score (nSPS) is 12.5. The number of aliphatic hydroxyl groups is 1. The number of hydrogen-bond donors (Lipinski definition) is 1. The Morgan fingerprint density at radius 2 is 1.86 bits per heavy atom. The standard InChI is InChI=1S/C19H21NO2/c1-14(21)10-17-11-16-8-9-18(22-2)12-19(16)20(17)13-15-6-4-3-5-7-15/h3-9,11-12,14,21H,10,13H2,1-2H3. The number of rotatable bonds is 5. The third-order valence-corrected chi connectivity index (χ3v) is 3.89. The van der Waals surface area contributed by atoms with E-state index in [9.17, 15) is 5.11 Å². The number of hydrogen-bond acceptors (Lipinski definition) is 2. The first-order chi connectivity index (χ1) is 10.7. The maximum absolute atomic E-state index is 9.78. The van der Waals surface area contributed by atoms with Crippen molar-refractivity contribution >= 4 is 10.9 Å². The van der Waals surface area contributed by atoms with Crippen molar-refractivity contribution < 1.29 is 9.84 Å². The van der Waals surface area contributed by atoms with E-state index in [1.807, 2.05) is 19.1 Å². The van der Waals surface area contributed by atoms with E-state index in [-0.39, 0.29) is 6.10 Å². The number of benzene rings is 2. The van der Waals surface area contributed by atoms with Crippen molar-refractivity contribution in [2.45, 2.75) is 26.0 Å². The molecule has 2 aromatic carbocycles. The highest BCUT2D eigenvalue weighted by molar-refractivity contribution is 5.83. The molecule has 3 rings (SSSR count). The maximum atomic E-state index is 9.78. The largest absolute Gasteiger partial charge is 0.497 e. The van der Waals surface area contributed by atoms with Gasteiger partial charge >= 0.3 is 0 Å². The van der Waals surface area contributed by atoms with Crippen molar-refractivity contribution in [1.82, 2.24) is 4.57 Å². The number of nitrogens with zero attached hydrogens (tertiary/aromatic N) is 1. The summed E-state index contributed by atoms with van der Waals surface area (Å²) in [5.74, 6) is 0.850. The van der Waals surface area contributed by atoms with Crippen molar-refractivity contribution in [2.24, 2.45) is 0 Å². The van der Waals surface area contributed by atoms with E-state index in [0.29, 0.717) is 6.42 Å². The van der Waals surface area contributed by atoms with Crippen LogP contribution in [0.25, 0.3) is 10.9 Å². The second-order valence-electron chi connectivity index (χ2n) is 5.69. The lowest BCUT2D eigenvalue weighted by molar-refractivity contribution is 0.193. The Labute approximate surface area is 130 Å². The molecule has 0 aliphatic heterocycles. The molecular formula is C19H21NO2. The molecule has 0 spiro atoms. The molecule has 3 aromatic rings. The number of aromatic nitrogens is 1. The first kappa shape index (κ1) is 14.7. The molecule has 1 heterocycles. The first-order valence-corrected chi connectivity index (χ1v) is 7.55. The van der Waals surface area contributed by atoms with E-state index in [1.165, 1.54) is 10.9 Å². The quantitative estimate of drug-likeness (QED) is 0.780.